The fraction of sp³-hybridized carbons (Fsp3) is 0.391. The number of aliphatic hydroxyl groups excluding tert-OH is 1. The first-order valence-corrected chi connectivity index (χ1v) is 11.0. The zero-order valence-corrected chi connectivity index (χ0v) is 19.0. The number of benzene rings is 1. The van der Waals surface area contributed by atoms with Crippen molar-refractivity contribution in [3.05, 3.63) is 41.8 Å². The van der Waals surface area contributed by atoms with E-state index in [0.717, 1.165) is 0 Å². The van der Waals surface area contributed by atoms with Gasteiger partial charge in [-0.3, -0.25) is 0 Å². The molecule has 0 aliphatic carbocycles. The van der Waals surface area contributed by atoms with Crippen molar-refractivity contribution in [1.82, 2.24) is 24.6 Å². The van der Waals surface area contributed by atoms with E-state index in [1.165, 1.54) is 12.1 Å². The van der Waals surface area contributed by atoms with Crippen LogP contribution < -0.4 is 10.2 Å². The molecule has 5 rings (SSSR count). The molecule has 34 heavy (non-hydrogen) atoms. The monoisotopic (exact) mass is 469 g/mol. The van der Waals surface area contributed by atoms with Crippen molar-refractivity contribution >= 4 is 28.3 Å². The highest BCUT2D eigenvalue weighted by atomic mass is 19.1. The summed E-state index contributed by atoms with van der Waals surface area (Å²) >= 11 is 0. The van der Waals surface area contributed by atoms with Gasteiger partial charge in [0.25, 0.3) is 0 Å². The molecule has 0 bridgehead atoms. The van der Waals surface area contributed by atoms with Crippen LogP contribution in [0.3, 0.4) is 0 Å². The molecule has 0 amide bonds. The third kappa shape index (κ3) is 4.24. The van der Waals surface area contributed by atoms with E-state index in [1.54, 1.807) is 48.4 Å². The second kappa shape index (κ2) is 8.10. The van der Waals surface area contributed by atoms with E-state index in [0.29, 0.717) is 45.4 Å². The average molecular weight is 469 g/mol. The van der Waals surface area contributed by atoms with Gasteiger partial charge in [-0.05, 0) is 32.9 Å². The lowest BCUT2D eigenvalue weighted by Gasteiger charge is -2.21. The zero-order valence-electron chi connectivity index (χ0n) is 19.0. The van der Waals surface area contributed by atoms with Crippen molar-refractivity contribution in [3.63, 3.8) is 0 Å². The van der Waals surface area contributed by atoms with Crippen LogP contribution in [0, 0.1) is 12.7 Å². The molecule has 0 radical (unpaired) electrons. The Labute approximate surface area is 194 Å². The molecule has 2 atom stereocenters. The second-order valence-corrected chi connectivity index (χ2v) is 9.24. The molecule has 4 heterocycles. The van der Waals surface area contributed by atoms with E-state index >= 15 is 0 Å². The first-order chi connectivity index (χ1) is 16.1. The lowest BCUT2D eigenvalue weighted by atomic mass is 10.1. The van der Waals surface area contributed by atoms with E-state index in [4.69, 9.17) is 0 Å². The number of aromatic nitrogens is 5. The molecule has 3 N–H and O–H groups in total. The first-order valence-electron chi connectivity index (χ1n) is 11.0. The number of aliphatic hydroxyl groups is 2. The van der Waals surface area contributed by atoms with Crippen molar-refractivity contribution in [2.24, 2.45) is 0 Å². The summed E-state index contributed by atoms with van der Waals surface area (Å²) in [4.78, 5) is 15.4. The summed E-state index contributed by atoms with van der Waals surface area (Å²) in [6.07, 6.45) is -2.44. The predicted molar refractivity (Wildman–Crippen MR) is 124 cm³/mol. The van der Waals surface area contributed by atoms with Gasteiger partial charge < -0.3 is 20.4 Å². The van der Waals surface area contributed by atoms with Gasteiger partial charge in [0.05, 0.1) is 28.9 Å². The summed E-state index contributed by atoms with van der Waals surface area (Å²) in [6, 6.07) is 7.66. The van der Waals surface area contributed by atoms with Crippen LogP contribution in [-0.2, 0) is 0 Å². The molecule has 3 aromatic heterocycles. The number of alkyl halides is 1. The summed E-state index contributed by atoms with van der Waals surface area (Å²) < 4.78 is 29.3. The van der Waals surface area contributed by atoms with Crippen molar-refractivity contribution < 1.29 is 19.0 Å². The molecule has 9 nitrogen and oxygen atoms in total. The number of rotatable bonds is 5. The standard InChI is InChI=1S/C23H25F2N7O2/c1-12-22(28-16-6-13(24)4-5-15(16)27-12)17-7-21-29-20(31-9-14(25)18(33)10-31)8-19(32(21)30-17)26-11-23(2,3)34/h4-8,14,18,26,33-34H,9-11H2,1-3H3/t14-,18-/m0/s1. The molecule has 1 aliphatic heterocycles. The van der Waals surface area contributed by atoms with Crippen LogP contribution >= 0.6 is 0 Å². The normalized spacial score (nSPS) is 18.9. The summed E-state index contributed by atoms with van der Waals surface area (Å²) in [5, 5.41) is 27.9. The maximum atomic E-state index is 14.0. The largest absolute Gasteiger partial charge is 0.389 e. The second-order valence-electron chi connectivity index (χ2n) is 9.24. The van der Waals surface area contributed by atoms with Crippen molar-refractivity contribution in [2.75, 3.05) is 29.9 Å². The van der Waals surface area contributed by atoms with Crippen molar-refractivity contribution in [1.29, 1.82) is 0 Å². The average Bonchev–Trinajstić information content (AvgIpc) is 3.34. The number of β-amino-alcohol motifs (C(OH)–C–C–N with tert-alkyl or cyclic N) is 1. The minimum Gasteiger partial charge on any atom is -0.389 e. The summed E-state index contributed by atoms with van der Waals surface area (Å²) in [6.45, 7) is 5.52. The number of hydrogen-bond acceptors (Lipinski definition) is 8. The lowest BCUT2D eigenvalue weighted by Crippen LogP contribution is -2.30. The van der Waals surface area contributed by atoms with Gasteiger partial charge in [-0.25, -0.2) is 23.7 Å². The van der Waals surface area contributed by atoms with Gasteiger partial charge in [0.15, 0.2) is 5.65 Å². The number of halogens is 2. The van der Waals surface area contributed by atoms with Crippen molar-refractivity contribution in [2.45, 2.75) is 38.6 Å². The summed E-state index contributed by atoms with van der Waals surface area (Å²) in [7, 11) is 0. The molecule has 1 aromatic carbocycles. The summed E-state index contributed by atoms with van der Waals surface area (Å²) in [5.41, 5.74) is 2.04. The van der Waals surface area contributed by atoms with Gasteiger partial charge in [0, 0.05) is 31.3 Å². The maximum Gasteiger partial charge on any atom is 0.160 e. The SMILES string of the molecule is Cc1nc2ccc(F)cc2nc1-c1cc2nc(N3C[C@H](O)[C@@H](F)C3)cc(NCC(C)(C)O)n2n1. The van der Waals surface area contributed by atoms with Crippen LogP contribution in [0.4, 0.5) is 20.4 Å². The van der Waals surface area contributed by atoms with Gasteiger partial charge in [-0.2, -0.15) is 9.61 Å². The Morgan fingerprint density at radius 2 is 1.91 bits per heavy atom. The number of nitrogens with zero attached hydrogens (tertiary/aromatic N) is 6. The van der Waals surface area contributed by atoms with Gasteiger partial charge in [-0.1, -0.05) is 0 Å². The highest BCUT2D eigenvalue weighted by molar-refractivity contribution is 5.78. The zero-order chi connectivity index (χ0) is 24.2. The molecule has 0 saturated carbocycles. The minimum absolute atomic E-state index is 0.0249. The van der Waals surface area contributed by atoms with Crippen LogP contribution in [0.25, 0.3) is 28.1 Å². The molecular weight excluding hydrogens is 444 g/mol. The van der Waals surface area contributed by atoms with E-state index in [2.05, 4.69) is 25.4 Å². The maximum absolute atomic E-state index is 14.0. The van der Waals surface area contributed by atoms with Crippen LogP contribution in [-0.4, -0.2) is 72.3 Å². The minimum atomic E-state index is -1.36. The number of aryl methyl sites for hydroxylation is 1. The molecule has 4 aromatic rings. The van der Waals surface area contributed by atoms with E-state index in [1.807, 2.05) is 0 Å². The summed E-state index contributed by atoms with van der Waals surface area (Å²) in [5.74, 6) is 0.595. The Bertz CT molecular complexity index is 1380. The van der Waals surface area contributed by atoms with Crippen LogP contribution in [0.15, 0.2) is 30.3 Å². The quantitative estimate of drug-likeness (QED) is 0.409. The Morgan fingerprint density at radius 3 is 2.62 bits per heavy atom. The fourth-order valence-corrected chi connectivity index (χ4v) is 3.96. The molecule has 1 saturated heterocycles. The van der Waals surface area contributed by atoms with Crippen LogP contribution in [0.1, 0.15) is 19.5 Å². The highest BCUT2D eigenvalue weighted by Gasteiger charge is 2.32. The van der Waals surface area contributed by atoms with E-state index in [-0.39, 0.29) is 19.6 Å². The van der Waals surface area contributed by atoms with Gasteiger partial charge in [-0.15, -0.1) is 0 Å². The van der Waals surface area contributed by atoms with Crippen molar-refractivity contribution in [3.8, 4) is 11.4 Å². The Hall–Kier alpha value is -3.44. The smallest absolute Gasteiger partial charge is 0.160 e. The fourth-order valence-electron chi connectivity index (χ4n) is 3.96. The number of hydrogen-bond donors (Lipinski definition) is 3. The van der Waals surface area contributed by atoms with Gasteiger partial charge >= 0.3 is 0 Å². The lowest BCUT2D eigenvalue weighted by molar-refractivity contribution is 0.0944. The topological polar surface area (TPSA) is 112 Å². The molecular formula is C23H25F2N7O2. The molecule has 0 unspecified atom stereocenters. The number of anilines is 2. The Kier molecular flexibility index (Phi) is 5.33. The Morgan fingerprint density at radius 1 is 1.12 bits per heavy atom. The van der Waals surface area contributed by atoms with E-state index in [9.17, 15) is 19.0 Å². The third-order valence-corrected chi connectivity index (χ3v) is 5.70. The Balaban J connectivity index is 1.62. The number of nitrogens with one attached hydrogen (secondary N) is 1. The number of fused-ring (bicyclic) bond motifs is 2. The molecule has 1 fully saturated rings. The predicted octanol–water partition coefficient (Wildman–Crippen LogP) is 2.49. The molecule has 1 aliphatic rings. The first kappa shape index (κ1) is 22.4. The van der Waals surface area contributed by atoms with Gasteiger partial charge in [0.2, 0.25) is 0 Å². The van der Waals surface area contributed by atoms with Crippen LogP contribution in [0.5, 0.6) is 0 Å². The van der Waals surface area contributed by atoms with E-state index < -0.39 is 23.7 Å². The molecule has 11 heteroatoms. The third-order valence-electron chi connectivity index (χ3n) is 5.70. The molecule has 0 spiro atoms. The van der Waals surface area contributed by atoms with Gasteiger partial charge in [0.1, 0.15) is 41.1 Å². The molecule has 178 valence electrons. The highest BCUT2D eigenvalue weighted by Crippen LogP contribution is 2.28. The van der Waals surface area contributed by atoms with Crippen LogP contribution in [0.2, 0.25) is 0 Å².